The number of ether oxygens (including phenoxy) is 3. The van der Waals surface area contributed by atoms with Crippen molar-refractivity contribution < 1.29 is 34.0 Å². The second kappa shape index (κ2) is 10.6. The first-order valence-electron chi connectivity index (χ1n) is 8.65. The van der Waals surface area contributed by atoms with E-state index in [9.17, 15) is 14.4 Å². The highest BCUT2D eigenvalue weighted by molar-refractivity contribution is 5.76. The number of esters is 2. The highest BCUT2D eigenvalue weighted by atomic mass is 16.6. The number of fused-ring (bicyclic) bond motifs is 1. The van der Waals surface area contributed by atoms with E-state index in [-0.39, 0.29) is 37.1 Å². The maximum Gasteiger partial charge on any atom is 0.325 e. The summed E-state index contributed by atoms with van der Waals surface area (Å²) < 4.78 is 16.8. The fourth-order valence-corrected chi connectivity index (χ4v) is 2.11. The quantitative estimate of drug-likeness (QED) is 0.186. The Morgan fingerprint density at radius 3 is 2.23 bits per heavy atom. The fourth-order valence-electron chi connectivity index (χ4n) is 2.11. The number of carbonyl (C=O) groups excluding carboxylic acids is 2. The first-order chi connectivity index (χ1) is 14.3. The lowest BCUT2D eigenvalue weighted by Crippen LogP contribution is -2.40. The monoisotopic (exact) mass is 429 g/mol. The third kappa shape index (κ3) is 5.94. The highest BCUT2D eigenvalue weighted by Gasteiger charge is 2.21. The van der Waals surface area contributed by atoms with Gasteiger partial charge in [-0.25, -0.2) is 4.98 Å². The Kier molecular flexibility index (Phi) is 8.19. The van der Waals surface area contributed by atoms with Gasteiger partial charge in [0.15, 0.2) is 11.2 Å². The molecular formula is C15H23N7O8. The van der Waals surface area contributed by atoms with Crippen LogP contribution in [0.5, 0.6) is 0 Å². The minimum atomic E-state index is -1.24. The Balaban J connectivity index is 2.07. The van der Waals surface area contributed by atoms with Crippen molar-refractivity contribution in [3.63, 3.8) is 0 Å². The number of aromatic amines is 1. The van der Waals surface area contributed by atoms with Gasteiger partial charge in [0.25, 0.3) is 5.56 Å². The Bertz CT molecular complexity index is 903. The summed E-state index contributed by atoms with van der Waals surface area (Å²) >= 11 is 0. The lowest BCUT2D eigenvalue weighted by atomic mass is 10.3. The minimum Gasteiger partial charge on any atom is -0.462 e. The Labute approximate surface area is 168 Å². The zero-order valence-corrected chi connectivity index (χ0v) is 15.8. The van der Waals surface area contributed by atoms with Gasteiger partial charge in [0.1, 0.15) is 38.1 Å². The number of aliphatic hydroxyl groups is 2. The number of nitrogen functional groups attached to an aromatic ring is 1. The van der Waals surface area contributed by atoms with Gasteiger partial charge in [0, 0.05) is 0 Å². The molecule has 15 nitrogen and oxygen atoms in total. The van der Waals surface area contributed by atoms with Gasteiger partial charge < -0.3 is 41.6 Å². The Morgan fingerprint density at radius 1 is 1.13 bits per heavy atom. The van der Waals surface area contributed by atoms with E-state index in [0.29, 0.717) is 0 Å². The van der Waals surface area contributed by atoms with Crippen LogP contribution in [0.1, 0.15) is 0 Å². The molecule has 0 spiro atoms. The van der Waals surface area contributed by atoms with E-state index < -0.39 is 48.9 Å². The maximum atomic E-state index is 11.8. The first-order valence-corrected chi connectivity index (χ1v) is 8.65. The SMILES string of the molecule is Nc1nc2c(ncn2COC(COC(=O)C(N)CO)COC(=O)C(N)CO)c(=O)[nH]1. The summed E-state index contributed by atoms with van der Waals surface area (Å²) in [7, 11) is 0. The van der Waals surface area contributed by atoms with Crippen LogP contribution in [-0.4, -0.2) is 86.3 Å². The van der Waals surface area contributed by atoms with Crippen molar-refractivity contribution in [3.05, 3.63) is 16.7 Å². The molecule has 0 fully saturated rings. The molecule has 0 aliphatic carbocycles. The summed E-state index contributed by atoms with van der Waals surface area (Å²) in [5, 5.41) is 17.8. The van der Waals surface area contributed by atoms with E-state index in [1.54, 1.807) is 0 Å². The third-order valence-corrected chi connectivity index (χ3v) is 3.76. The number of anilines is 1. The molecule has 2 heterocycles. The molecule has 2 unspecified atom stereocenters. The maximum absolute atomic E-state index is 11.8. The molecule has 0 aromatic carbocycles. The van der Waals surface area contributed by atoms with Gasteiger partial charge in [0.2, 0.25) is 5.95 Å². The van der Waals surface area contributed by atoms with Crippen LogP contribution >= 0.6 is 0 Å². The van der Waals surface area contributed by atoms with Gasteiger partial charge in [-0.1, -0.05) is 0 Å². The zero-order valence-electron chi connectivity index (χ0n) is 15.8. The average Bonchev–Trinajstić information content (AvgIpc) is 3.14. The molecule has 0 amide bonds. The molecule has 0 radical (unpaired) electrons. The summed E-state index contributed by atoms with van der Waals surface area (Å²) in [6.45, 7) is -2.21. The molecule has 30 heavy (non-hydrogen) atoms. The van der Waals surface area contributed by atoms with Crippen molar-refractivity contribution >= 4 is 29.1 Å². The predicted molar refractivity (Wildman–Crippen MR) is 99.5 cm³/mol. The van der Waals surface area contributed by atoms with Crippen LogP contribution in [-0.2, 0) is 30.5 Å². The number of carbonyl (C=O) groups is 2. The smallest absolute Gasteiger partial charge is 0.325 e. The summed E-state index contributed by atoms with van der Waals surface area (Å²) in [5.41, 5.74) is 15.9. The van der Waals surface area contributed by atoms with Crippen LogP contribution in [0.2, 0.25) is 0 Å². The normalized spacial score (nSPS) is 14.3. The van der Waals surface area contributed by atoms with Crippen molar-refractivity contribution in [1.29, 1.82) is 0 Å². The molecule has 0 saturated carbocycles. The molecule has 0 aliphatic heterocycles. The predicted octanol–water partition coefficient (Wildman–Crippen LogP) is -4.23. The second-order valence-electron chi connectivity index (χ2n) is 6.09. The molecule has 166 valence electrons. The van der Waals surface area contributed by atoms with Crippen molar-refractivity contribution in [1.82, 2.24) is 19.5 Å². The lowest BCUT2D eigenvalue weighted by Gasteiger charge is -2.20. The number of aromatic nitrogens is 4. The molecule has 9 N–H and O–H groups in total. The molecule has 0 aliphatic rings. The highest BCUT2D eigenvalue weighted by Crippen LogP contribution is 2.08. The number of hydrogen-bond acceptors (Lipinski definition) is 13. The standard InChI is InChI=1S/C15H23N7O8/c16-8(1-23)13(26)28-3-7(4-29-14(27)9(17)2-24)30-6-22-5-19-10-11(22)20-15(18)21-12(10)25/h5,7-9,23-24H,1-4,6,16-17H2,(H3,18,20,21,25). The summed E-state index contributed by atoms with van der Waals surface area (Å²) in [4.78, 5) is 45.3. The van der Waals surface area contributed by atoms with E-state index in [2.05, 4.69) is 15.0 Å². The van der Waals surface area contributed by atoms with Crippen LogP contribution in [0, 0.1) is 0 Å². The molecule has 2 aromatic rings. The Morgan fingerprint density at radius 2 is 1.70 bits per heavy atom. The third-order valence-electron chi connectivity index (χ3n) is 3.76. The largest absolute Gasteiger partial charge is 0.462 e. The van der Waals surface area contributed by atoms with Crippen molar-refractivity contribution in [2.75, 3.05) is 32.2 Å². The summed E-state index contributed by atoms with van der Waals surface area (Å²) in [6.07, 6.45) is 0.302. The van der Waals surface area contributed by atoms with Crippen LogP contribution in [0.25, 0.3) is 11.2 Å². The van der Waals surface area contributed by atoms with Crippen LogP contribution < -0.4 is 22.8 Å². The summed E-state index contributed by atoms with van der Waals surface area (Å²) in [5.74, 6) is -1.90. The first kappa shape index (κ1) is 23.2. The van der Waals surface area contributed by atoms with E-state index in [1.807, 2.05) is 0 Å². The number of rotatable bonds is 11. The molecule has 2 rings (SSSR count). The second-order valence-corrected chi connectivity index (χ2v) is 6.09. The van der Waals surface area contributed by atoms with Gasteiger partial charge in [-0.15, -0.1) is 0 Å². The van der Waals surface area contributed by atoms with Gasteiger partial charge in [-0.2, -0.15) is 4.98 Å². The molecule has 0 saturated heterocycles. The van der Waals surface area contributed by atoms with E-state index >= 15 is 0 Å². The van der Waals surface area contributed by atoms with Gasteiger partial charge in [-0.3, -0.25) is 23.9 Å². The summed E-state index contributed by atoms with van der Waals surface area (Å²) in [6, 6.07) is -2.49. The van der Waals surface area contributed by atoms with Gasteiger partial charge in [-0.05, 0) is 0 Å². The van der Waals surface area contributed by atoms with Gasteiger partial charge in [0.05, 0.1) is 19.5 Å². The van der Waals surface area contributed by atoms with Crippen molar-refractivity contribution in [3.8, 4) is 0 Å². The van der Waals surface area contributed by atoms with E-state index in [4.69, 9.17) is 41.6 Å². The fraction of sp³-hybridized carbons (Fsp3) is 0.533. The molecular weight excluding hydrogens is 406 g/mol. The van der Waals surface area contributed by atoms with Crippen LogP contribution in [0.4, 0.5) is 5.95 Å². The molecule has 2 aromatic heterocycles. The number of aliphatic hydroxyl groups excluding tert-OH is 2. The van der Waals surface area contributed by atoms with E-state index in [1.165, 1.54) is 10.9 Å². The molecule has 15 heteroatoms. The minimum absolute atomic E-state index is 0.0324. The van der Waals surface area contributed by atoms with Crippen molar-refractivity contribution in [2.24, 2.45) is 11.5 Å². The lowest BCUT2D eigenvalue weighted by molar-refractivity contribution is -0.159. The van der Waals surface area contributed by atoms with Crippen molar-refractivity contribution in [2.45, 2.75) is 24.9 Å². The Hall–Kier alpha value is -3.11. The number of hydrogen-bond donors (Lipinski definition) is 6. The number of nitrogens with two attached hydrogens (primary N) is 3. The van der Waals surface area contributed by atoms with Crippen LogP contribution in [0.15, 0.2) is 11.1 Å². The average molecular weight is 429 g/mol. The zero-order chi connectivity index (χ0) is 22.3. The number of H-pyrrole nitrogens is 1. The number of imidazole rings is 1. The van der Waals surface area contributed by atoms with Crippen LogP contribution in [0.3, 0.4) is 0 Å². The molecule has 2 atom stereocenters. The van der Waals surface area contributed by atoms with E-state index in [0.717, 1.165) is 0 Å². The number of nitrogens with one attached hydrogen (secondary N) is 1. The van der Waals surface area contributed by atoms with Gasteiger partial charge >= 0.3 is 11.9 Å². The topological polar surface area (TPSA) is 244 Å². The number of nitrogens with zero attached hydrogens (tertiary/aromatic N) is 3. The molecule has 0 bridgehead atoms.